The summed E-state index contributed by atoms with van der Waals surface area (Å²) in [6.07, 6.45) is 0.229. The minimum Gasteiger partial charge on any atom is -0.497 e. The van der Waals surface area contributed by atoms with E-state index in [-0.39, 0.29) is 23.7 Å². The highest BCUT2D eigenvalue weighted by Crippen LogP contribution is 2.31. The van der Waals surface area contributed by atoms with Crippen LogP contribution in [0, 0.1) is 0 Å². The van der Waals surface area contributed by atoms with Crippen LogP contribution in [0.15, 0.2) is 18.2 Å². The number of nitrogens with two attached hydrogens (primary N) is 1. The van der Waals surface area contributed by atoms with Crippen LogP contribution >= 0.6 is 0 Å². The van der Waals surface area contributed by atoms with Crippen molar-refractivity contribution in [3.63, 3.8) is 0 Å². The van der Waals surface area contributed by atoms with Gasteiger partial charge in [0.2, 0.25) is 0 Å². The zero-order valence-electron chi connectivity index (χ0n) is 11.1. The minimum absolute atomic E-state index is 0.0720. The molecule has 2 N–H and O–H groups in total. The van der Waals surface area contributed by atoms with Gasteiger partial charge in [-0.2, -0.15) is 0 Å². The maximum Gasteiger partial charge on any atom is 0.154 e. The lowest BCUT2D eigenvalue weighted by Crippen LogP contribution is -2.19. The second-order valence-corrected chi connectivity index (χ2v) is 7.06. The van der Waals surface area contributed by atoms with Crippen LogP contribution in [-0.2, 0) is 9.84 Å². The van der Waals surface area contributed by atoms with E-state index >= 15 is 0 Å². The standard InChI is InChI=1S/C13H19NO4S/c1-9(14)12-4-3-10(17-2)7-13(12)18-11-5-6-19(15,16)8-11/h3-4,7,9,11H,5-6,8,14H2,1-2H3/t9-,11?/m0/s1. The van der Waals surface area contributed by atoms with E-state index in [2.05, 4.69) is 0 Å². The van der Waals surface area contributed by atoms with Crippen molar-refractivity contribution in [3.8, 4) is 11.5 Å². The third-order valence-electron chi connectivity index (χ3n) is 3.20. The molecule has 0 radical (unpaired) electrons. The van der Waals surface area contributed by atoms with Gasteiger partial charge in [-0.1, -0.05) is 6.07 Å². The molecular weight excluding hydrogens is 266 g/mol. The van der Waals surface area contributed by atoms with Crippen molar-refractivity contribution in [1.29, 1.82) is 0 Å². The molecule has 2 rings (SSSR count). The summed E-state index contributed by atoms with van der Waals surface area (Å²) in [7, 11) is -1.38. The molecule has 6 heteroatoms. The predicted molar refractivity (Wildman–Crippen MR) is 73.3 cm³/mol. The highest BCUT2D eigenvalue weighted by Gasteiger charge is 2.30. The van der Waals surface area contributed by atoms with E-state index in [1.807, 2.05) is 19.1 Å². The molecule has 2 atom stereocenters. The van der Waals surface area contributed by atoms with Crippen LogP contribution in [0.5, 0.6) is 11.5 Å². The fourth-order valence-corrected chi connectivity index (χ4v) is 3.74. The number of sulfone groups is 1. The Morgan fingerprint density at radius 2 is 2.16 bits per heavy atom. The van der Waals surface area contributed by atoms with Gasteiger partial charge in [-0.25, -0.2) is 8.42 Å². The first kappa shape index (κ1) is 14.1. The molecule has 1 aromatic carbocycles. The quantitative estimate of drug-likeness (QED) is 0.901. The first-order chi connectivity index (χ1) is 8.91. The van der Waals surface area contributed by atoms with Crippen LogP contribution in [-0.4, -0.2) is 33.1 Å². The van der Waals surface area contributed by atoms with Gasteiger partial charge in [0.1, 0.15) is 17.6 Å². The summed E-state index contributed by atoms with van der Waals surface area (Å²) in [5.74, 6) is 1.54. The SMILES string of the molecule is COc1ccc([C@H](C)N)c(OC2CCS(=O)(=O)C2)c1. The molecule has 19 heavy (non-hydrogen) atoms. The molecule has 5 nitrogen and oxygen atoms in total. The monoisotopic (exact) mass is 285 g/mol. The molecule has 1 unspecified atom stereocenters. The van der Waals surface area contributed by atoms with Crippen molar-refractivity contribution >= 4 is 9.84 Å². The van der Waals surface area contributed by atoms with Crippen LogP contribution in [0.4, 0.5) is 0 Å². The van der Waals surface area contributed by atoms with Gasteiger partial charge < -0.3 is 15.2 Å². The Hall–Kier alpha value is -1.27. The smallest absolute Gasteiger partial charge is 0.154 e. The Morgan fingerprint density at radius 3 is 2.68 bits per heavy atom. The number of rotatable bonds is 4. The Kier molecular flexibility index (Phi) is 4.01. The van der Waals surface area contributed by atoms with Crippen LogP contribution in [0.2, 0.25) is 0 Å². The van der Waals surface area contributed by atoms with Crippen molar-refractivity contribution in [2.24, 2.45) is 5.73 Å². The van der Waals surface area contributed by atoms with E-state index in [9.17, 15) is 8.42 Å². The zero-order chi connectivity index (χ0) is 14.0. The summed E-state index contributed by atoms with van der Waals surface area (Å²) in [6, 6.07) is 5.24. The second kappa shape index (κ2) is 5.38. The highest BCUT2D eigenvalue weighted by molar-refractivity contribution is 7.91. The number of benzene rings is 1. The normalized spacial score (nSPS) is 23.0. The van der Waals surface area contributed by atoms with Crippen LogP contribution in [0.3, 0.4) is 0 Å². The molecule has 1 aromatic rings. The molecule has 0 amide bonds. The lowest BCUT2D eigenvalue weighted by atomic mass is 10.1. The topological polar surface area (TPSA) is 78.6 Å². The van der Waals surface area contributed by atoms with E-state index in [4.69, 9.17) is 15.2 Å². The van der Waals surface area contributed by atoms with E-state index in [1.54, 1.807) is 13.2 Å². The third kappa shape index (κ3) is 3.39. The van der Waals surface area contributed by atoms with E-state index in [0.29, 0.717) is 17.9 Å². The Balaban J connectivity index is 2.23. The van der Waals surface area contributed by atoms with Gasteiger partial charge in [0.15, 0.2) is 9.84 Å². The van der Waals surface area contributed by atoms with Gasteiger partial charge >= 0.3 is 0 Å². The first-order valence-corrected chi connectivity index (χ1v) is 8.04. The van der Waals surface area contributed by atoms with E-state index in [1.165, 1.54) is 0 Å². The van der Waals surface area contributed by atoms with Gasteiger partial charge in [0.05, 0.1) is 18.6 Å². The summed E-state index contributed by atoms with van der Waals surface area (Å²) in [5, 5.41) is 0. The van der Waals surface area contributed by atoms with Crippen LogP contribution in [0.1, 0.15) is 24.9 Å². The molecule has 1 saturated heterocycles. The molecule has 0 saturated carbocycles. The Labute approximate surface area is 113 Å². The molecule has 0 aromatic heterocycles. The van der Waals surface area contributed by atoms with Crippen LogP contribution < -0.4 is 15.2 Å². The minimum atomic E-state index is -2.95. The number of hydrogen-bond acceptors (Lipinski definition) is 5. The zero-order valence-corrected chi connectivity index (χ0v) is 11.9. The molecule has 0 spiro atoms. The maximum absolute atomic E-state index is 11.4. The highest BCUT2D eigenvalue weighted by atomic mass is 32.2. The molecular formula is C13H19NO4S. The number of ether oxygens (including phenoxy) is 2. The largest absolute Gasteiger partial charge is 0.497 e. The summed E-state index contributed by atoms with van der Waals surface area (Å²) in [5.41, 5.74) is 6.75. The summed E-state index contributed by atoms with van der Waals surface area (Å²) < 4.78 is 33.9. The molecule has 0 bridgehead atoms. The Morgan fingerprint density at radius 1 is 1.42 bits per heavy atom. The summed E-state index contributed by atoms with van der Waals surface area (Å²) in [6.45, 7) is 1.86. The molecule has 1 fully saturated rings. The molecule has 1 heterocycles. The van der Waals surface area contributed by atoms with Crippen molar-refractivity contribution in [2.75, 3.05) is 18.6 Å². The molecule has 1 aliphatic heterocycles. The fraction of sp³-hybridized carbons (Fsp3) is 0.538. The lowest BCUT2D eigenvalue weighted by Gasteiger charge is -2.18. The first-order valence-electron chi connectivity index (χ1n) is 6.22. The predicted octanol–water partition coefficient (Wildman–Crippen LogP) is 1.28. The van der Waals surface area contributed by atoms with Gasteiger partial charge in [-0.15, -0.1) is 0 Å². The second-order valence-electron chi connectivity index (χ2n) is 4.84. The summed E-state index contributed by atoms with van der Waals surface area (Å²) >= 11 is 0. The fourth-order valence-electron chi connectivity index (χ4n) is 2.15. The Bertz CT molecular complexity index is 554. The summed E-state index contributed by atoms with van der Waals surface area (Å²) in [4.78, 5) is 0. The van der Waals surface area contributed by atoms with Crippen molar-refractivity contribution in [2.45, 2.75) is 25.5 Å². The maximum atomic E-state index is 11.4. The average molecular weight is 285 g/mol. The van der Waals surface area contributed by atoms with Crippen LogP contribution in [0.25, 0.3) is 0 Å². The number of methoxy groups -OCH3 is 1. The van der Waals surface area contributed by atoms with Gasteiger partial charge in [-0.05, 0) is 19.4 Å². The average Bonchev–Trinajstić information content (AvgIpc) is 2.68. The van der Waals surface area contributed by atoms with Gasteiger partial charge in [0.25, 0.3) is 0 Å². The number of hydrogen-bond donors (Lipinski definition) is 1. The van der Waals surface area contributed by atoms with E-state index in [0.717, 1.165) is 5.56 Å². The van der Waals surface area contributed by atoms with Crippen molar-refractivity contribution in [1.82, 2.24) is 0 Å². The van der Waals surface area contributed by atoms with E-state index < -0.39 is 9.84 Å². The molecule has 1 aliphatic rings. The van der Waals surface area contributed by atoms with Crippen molar-refractivity contribution < 1.29 is 17.9 Å². The molecule has 0 aliphatic carbocycles. The molecule has 106 valence electrons. The van der Waals surface area contributed by atoms with Gasteiger partial charge in [-0.3, -0.25) is 0 Å². The third-order valence-corrected chi connectivity index (χ3v) is 4.93. The van der Waals surface area contributed by atoms with Crippen molar-refractivity contribution in [3.05, 3.63) is 23.8 Å². The van der Waals surface area contributed by atoms with Gasteiger partial charge in [0, 0.05) is 17.7 Å². The lowest BCUT2D eigenvalue weighted by molar-refractivity contribution is 0.224.